The number of aliphatic hydroxyl groups is 1. The first-order chi connectivity index (χ1) is 9.76. The van der Waals surface area contributed by atoms with E-state index < -0.39 is 0 Å². The molecule has 1 heterocycles. The zero-order valence-electron chi connectivity index (χ0n) is 12.5. The SMILES string of the molecule is NCC1CCCCC1C(=O)N1CCCN(CCO)CC1. The molecule has 1 amide bonds. The van der Waals surface area contributed by atoms with Crippen molar-refractivity contribution in [1.29, 1.82) is 0 Å². The fourth-order valence-corrected chi connectivity index (χ4v) is 3.61. The Balaban J connectivity index is 1.91. The van der Waals surface area contributed by atoms with Crippen molar-refractivity contribution in [2.75, 3.05) is 45.9 Å². The van der Waals surface area contributed by atoms with Gasteiger partial charge in [0.25, 0.3) is 0 Å². The van der Waals surface area contributed by atoms with Crippen molar-refractivity contribution in [3.63, 3.8) is 0 Å². The maximum atomic E-state index is 12.7. The molecule has 1 aliphatic heterocycles. The van der Waals surface area contributed by atoms with Gasteiger partial charge >= 0.3 is 0 Å². The highest BCUT2D eigenvalue weighted by atomic mass is 16.3. The maximum Gasteiger partial charge on any atom is 0.226 e. The summed E-state index contributed by atoms with van der Waals surface area (Å²) < 4.78 is 0. The molecule has 0 aromatic rings. The average molecular weight is 283 g/mol. The predicted octanol–water partition coefficient (Wildman–Crippen LogP) is 0.278. The van der Waals surface area contributed by atoms with Crippen LogP contribution < -0.4 is 5.73 Å². The largest absolute Gasteiger partial charge is 0.395 e. The molecule has 2 aliphatic rings. The number of rotatable bonds is 4. The highest BCUT2D eigenvalue weighted by molar-refractivity contribution is 5.79. The predicted molar refractivity (Wildman–Crippen MR) is 79.2 cm³/mol. The Hall–Kier alpha value is -0.650. The standard InChI is InChI=1S/C15H29N3O2/c16-12-13-4-1-2-5-14(13)15(20)18-7-3-6-17(8-9-18)10-11-19/h13-14,19H,1-12,16H2. The number of hydrogen-bond acceptors (Lipinski definition) is 4. The molecule has 0 aromatic carbocycles. The third-order valence-electron chi connectivity index (χ3n) is 4.85. The van der Waals surface area contributed by atoms with E-state index in [1.54, 1.807) is 0 Å². The number of β-amino-alcohol motifs (C(OH)–C–C–N with tert-alkyl or cyclic N) is 1. The summed E-state index contributed by atoms with van der Waals surface area (Å²) in [5, 5.41) is 9.02. The number of amides is 1. The average Bonchev–Trinajstić information content (AvgIpc) is 2.72. The van der Waals surface area contributed by atoms with E-state index in [1.807, 2.05) is 4.90 Å². The van der Waals surface area contributed by atoms with E-state index in [0.29, 0.717) is 18.4 Å². The van der Waals surface area contributed by atoms with Crippen LogP contribution in [0.5, 0.6) is 0 Å². The summed E-state index contributed by atoms with van der Waals surface area (Å²) in [6, 6.07) is 0. The molecule has 1 saturated carbocycles. The summed E-state index contributed by atoms with van der Waals surface area (Å²) in [6.07, 6.45) is 5.51. The lowest BCUT2D eigenvalue weighted by Crippen LogP contribution is -2.43. The van der Waals surface area contributed by atoms with Gasteiger partial charge in [-0.25, -0.2) is 0 Å². The first-order valence-corrected chi connectivity index (χ1v) is 8.08. The quantitative estimate of drug-likeness (QED) is 0.777. The van der Waals surface area contributed by atoms with Crippen LogP contribution in [-0.2, 0) is 4.79 Å². The smallest absolute Gasteiger partial charge is 0.226 e. The topological polar surface area (TPSA) is 69.8 Å². The molecule has 0 bridgehead atoms. The molecule has 5 heteroatoms. The Bertz CT molecular complexity index is 311. The number of aliphatic hydroxyl groups excluding tert-OH is 1. The van der Waals surface area contributed by atoms with Crippen LogP contribution in [0.2, 0.25) is 0 Å². The molecular weight excluding hydrogens is 254 g/mol. The van der Waals surface area contributed by atoms with E-state index in [4.69, 9.17) is 10.8 Å². The summed E-state index contributed by atoms with van der Waals surface area (Å²) in [4.78, 5) is 17.0. The first-order valence-electron chi connectivity index (χ1n) is 8.08. The van der Waals surface area contributed by atoms with Gasteiger partial charge in [-0.15, -0.1) is 0 Å². The lowest BCUT2D eigenvalue weighted by atomic mass is 9.78. The second kappa shape index (κ2) is 7.96. The molecule has 116 valence electrons. The highest BCUT2D eigenvalue weighted by Crippen LogP contribution is 2.31. The maximum absolute atomic E-state index is 12.7. The summed E-state index contributed by atoms with van der Waals surface area (Å²) in [6.45, 7) is 5.08. The van der Waals surface area contributed by atoms with Gasteiger partial charge in [-0.1, -0.05) is 12.8 Å². The molecule has 20 heavy (non-hydrogen) atoms. The van der Waals surface area contributed by atoms with Crippen LogP contribution in [0.3, 0.4) is 0 Å². The van der Waals surface area contributed by atoms with E-state index in [1.165, 1.54) is 6.42 Å². The third-order valence-corrected chi connectivity index (χ3v) is 4.85. The van der Waals surface area contributed by atoms with Crippen LogP contribution in [0, 0.1) is 11.8 Å². The van der Waals surface area contributed by atoms with Gasteiger partial charge < -0.3 is 15.7 Å². The molecule has 3 N–H and O–H groups in total. The van der Waals surface area contributed by atoms with Crippen LogP contribution in [0.4, 0.5) is 0 Å². The van der Waals surface area contributed by atoms with E-state index in [9.17, 15) is 4.79 Å². The minimum atomic E-state index is 0.151. The minimum absolute atomic E-state index is 0.151. The van der Waals surface area contributed by atoms with Crippen molar-refractivity contribution in [1.82, 2.24) is 9.80 Å². The van der Waals surface area contributed by atoms with Crippen molar-refractivity contribution in [2.24, 2.45) is 17.6 Å². The van der Waals surface area contributed by atoms with Gasteiger partial charge in [-0.05, 0) is 38.3 Å². The van der Waals surface area contributed by atoms with Crippen molar-refractivity contribution >= 4 is 5.91 Å². The van der Waals surface area contributed by atoms with E-state index in [-0.39, 0.29) is 12.5 Å². The zero-order valence-corrected chi connectivity index (χ0v) is 12.5. The van der Waals surface area contributed by atoms with Crippen molar-refractivity contribution in [2.45, 2.75) is 32.1 Å². The molecule has 2 unspecified atom stereocenters. The summed E-state index contributed by atoms with van der Waals surface area (Å²) in [5.41, 5.74) is 5.85. The monoisotopic (exact) mass is 283 g/mol. The number of nitrogens with zero attached hydrogens (tertiary/aromatic N) is 2. The van der Waals surface area contributed by atoms with Gasteiger partial charge in [0.15, 0.2) is 0 Å². The normalized spacial score (nSPS) is 29.2. The molecule has 2 atom stereocenters. The number of nitrogens with two attached hydrogens (primary N) is 1. The minimum Gasteiger partial charge on any atom is -0.395 e. The van der Waals surface area contributed by atoms with Crippen LogP contribution >= 0.6 is 0 Å². The molecule has 1 aliphatic carbocycles. The molecule has 5 nitrogen and oxygen atoms in total. The molecule has 0 spiro atoms. The Kier molecular flexibility index (Phi) is 6.26. The first kappa shape index (κ1) is 15.7. The van der Waals surface area contributed by atoms with Gasteiger partial charge in [-0.3, -0.25) is 9.69 Å². The Labute approximate surface area is 122 Å². The van der Waals surface area contributed by atoms with Gasteiger partial charge in [0.2, 0.25) is 5.91 Å². The molecular formula is C15H29N3O2. The van der Waals surface area contributed by atoms with Crippen molar-refractivity contribution in [3.8, 4) is 0 Å². The lowest BCUT2D eigenvalue weighted by molar-refractivity contribution is -0.138. The second-order valence-electron chi connectivity index (χ2n) is 6.13. The van der Waals surface area contributed by atoms with Gasteiger partial charge in [-0.2, -0.15) is 0 Å². The molecule has 2 rings (SSSR count). The van der Waals surface area contributed by atoms with Crippen LogP contribution in [0.1, 0.15) is 32.1 Å². The van der Waals surface area contributed by atoms with Gasteiger partial charge in [0.05, 0.1) is 6.61 Å². The Morgan fingerprint density at radius 1 is 1.10 bits per heavy atom. The van der Waals surface area contributed by atoms with Crippen LogP contribution in [0.25, 0.3) is 0 Å². The van der Waals surface area contributed by atoms with Gasteiger partial charge in [0.1, 0.15) is 0 Å². The van der Waals surface area contributed by atoms with Crippen molar-refractivity contribution < 1.29 is 9.90 Å². The molecule has 1 saturated heterocycles. The summed E-state index contributed by atoms with van der Waals surface area (Å²) >= 11 is 0. The second-order valence-corrected chi connectivity index (χ2v) is 6.13. The molecule has 0 radical (unpaired) electrons. The Morgan fingerprint density at radius 3 is 2.65 bits per heavy atom. The van der Waals surface area contributed by atoms with Crippen LogP contribution in [0.15, 0.2) is 0 Å². The summed E-state index contributed by atoms with van der Waals surface area (Å²) in [7, 11) is 0. The highest BCUT2D eigenvalue weighted by Gasteiger charge is 2.33. The third kappa shape index (κ3) is 3.93. The number of carbonyl (C=O) groups is 1. The molecule has 0 aromatic heterocycles. The fourth-order valence-electron chi connectivity index (χ4n) is 3.61. The zero-order chi connectivity index (χ0) is 14.4. The van der Waals surface area contributed by atoms with E-state index in [2.05, 4.69) is 4.90 Å². The summed E-state index contributed by atoms with van der Waals surface area (Å²) in [5.74, 6) is 0.859. The van der Waals surface area contributed by atoms with E-state index >= 15 is 0 Å². The van der Waals surface area contributed by atoms with Crippen LogP contribution in [-0.4, -0.2) is 66.7 Å². The Morgan fingerprint density at radius 2 is 1.90 bits per heavy atom. The number of hydrogen-bond donors (Lipinski definition) is 2. The fraction of sp³-hybridized carbons (Fsp3) is 0.933. The van der Waals surface area contributed by atoms with E-state index in [0.717, 1.165) is 58.4 Å². The molecule has 2 fully saturated rings. The van der Waals surface area contributed by atoms with Gasteiger partial charge in [0, 0.05) is 32.1 Å². The number of carbonyl (C=O) groups excluding carboxylic acids is 1. The van der Waals surface area contributed by atoms with Crippen molar-refractivity contribution in [3.05, 3.63) is 0 Å². The lowest BCUT2D eigenvalue weighted by Gasteiger charge is -2.33.